The Morgan fingerprint density at radius 1 is 1.11 bits per heavy atom. The molecule has 0 bridgehead atoms. The molecule has 0 fully saturated rings. The van der Waals surface area contributed by atoms with Gasteiger partial charge in [0.05, 0.1) is 4.90 Å². The van der Waals surface area contributed by atoms with E-state index in [1.165, 1.54) is 15.3 Å². The van der Waals surface area contributed by atoms with E-state index in [0.29, 0.717) is 0 Å². The normalized spacial score (nSPS) is 11.6. The molecule has 3 aromatic rings. The Bertz CT molecular complexity index is 775. The Hall–Kier alpha value is -1.92. The second-order valence-electron chi connectivity index (χ2n) is 3.89. The van der Waals surface area contributed by atoms with Gasteiger partial charge in [-0.3, -0.25) is 0 Å². The van der Waals surface area contributed by atoms with Crippen LogP contribution in [0, 0.1) is 0 Å². The first-order chi connectivity index (χ1) is 9.18. The van der Waals surface area contributed by atoms with Crippen molar-refractivity contribution in [1.29, 1.82) is 0 Å². The zero-order valence-corrected chi connectivity index (χ0v) is 11.4. The Kier molecular flexibility index (Phi) is 2.96. The van der Waals surface area contributed by atoms with Gasteiger partial charge in [-0.1, -0.05) is 18.2 Å². The van der Waals surface area contributed by atoms with Crippen molar-refractivity contribution >= 4 is 21.4 Å². The number of nitrogens with zero attached hydrogens (tertiary/aromatic N) is 2. The summed E-state index contributed by atoms with van der Waals surface area (Å²) < 4.78 is 25.9. The molecule has 0 aliphatic carbocycles. The molecule has 0 radical (unpaired) electrons. The number of hydrogen-bond acceptors (Lipinski definition) is 4. The van der Waals surface area contributed by atoms with Crippen molar-refractivity contribution in [2.45, 2.75) is 4.90 Å². The van der Waals surface area contributed by atoms with Crippen molar-refractivity contribution in [3.05, 3.63) is 60.4 Å². The minimum atomic E-state index is -3.52. The number of thiazole rings is 1. The molecule has 0 saturated heterocycles. The topological polar surface area (TPSA) is 52.0 Å². The predicted molar refractivity (Wildman–Crippen MR) is 74.6 cm³/mol. The van der Waals surface area contributed by atoms with Crippen molar-refractivity contribution in [2.24, 2.45) is 0 Å². The summed E-state index contributed by atoms with van der Waals surface area (Å²) in [5, 5.41) is 2.67. The summed E-state index contributed by atoms with van der Waals surface area (Å²) in [4.78, 5) is 4.44. The van der Waals surface area contributed by atoms with Gasteiger partial charge in [-0.05, 0) is 18.2 Å². The Morgan fingerprint density at radius 2 is 1.89 bits per heavy atom. The minimum Gasteiger partial charge on any atom is -0.248 e. The van der Waals surface area contributed by atoms with Crippen LogP contribution in [-0.4, -0.2) is 17.4 Å². The quantitative estimate of drug-likeness (QED) is 0.745. The molecule has 0 unspecified atom stereocenters. The van der Waals surface area contributed by atoms with E-state index < -0.39 is 10.0 Å². The molecule has 2 heterocycles. The molecule has 96 valence electrons. The Morgan fingerprint density at radius 3 is 2.58 bits per heavy atom. The van der Waals surface area contributed by atoms with Crippen molar-refractivity contribution in [3.63, 3.8) is 0 Å². The van der Waals surface area contributed by atoms with E-state index in [2.05, 4.69) is 4.98 Å². The molecule has 0 saturated carbocycles. The maximum absolute atomic E-state index is 12.4. The number of hydrogen-bond donors (Lipinski definition) is 0. The van der Waals surface area contributed by atoms with Gasteiger partial charge < -0.3 is 0 Å². The van der Waals surface area contributed by atoms with Crippen LogP contribution in [0.2, 0.25) is 0 Å². The van der Waals surface area contributed by atoms with Gasteiger partial charge in [0.2, 0.25) is 0 Å². The third-order valence-corrected chi connectivity index (χ3v) is 5.14. The smallest absolute Gasteiger partial charge is 0.248 e. The molecule has 19 heavy (non-hydrogen) atoms. The van der Waals surface area contributed by atoms with Crippen LogP contribution in [0.25, 0.3) is 10.6 Å². The lowest BCUT2D eigenvalue weighted by Gasteiger charge is -2.04. The maximum atomic E-state index is 12.4. The third-order valence-electron chi connectivity index (χ3n) is 2.67. The fourth-order valence-electron chi connectivity index (χ4n) is 1.73. The van der Waals surface area contributed by atoms with Crippen molar-refractivity contribution < 1.29 is 8.42 Å². The fourth-order valence-corrected chi connectivity index (χ4v) is 3.58. The molecule has 0 amide bonds. The summed E-state index contributed by atoms with van der Waals surface area (Å²) in [5.74, 6) is 0. The minimum absolute atomic E-state index is 0.274. The van der Waals surface area contributed by atoms with Gasteiger partial charge in [-0.2, -0.15) is 0 Å². The summed E-state index contributed by atoms with van der Waals surface area (Å²) in [5.41, 5.74) is 0.800. The van der Waals surface area contributed by atoms with Crippen LogP contribution in [-0.2, 0) is 10.0 Å². The summed E-state index contributed by atoms with van der Waals surface area (Å²) in [6.07, 6.45) is 4.82. The van der Waals surface area contributed by atoms with E-state index in [9.17, 15) is 8.42 Å². The highest BCUT2D eigenvalue weighted by molar-refractivity contribution is 7.90. The van der Waals surface area contributed by atoms with Crippen LogP contribution in [0.3, 0.4) is 0 Å². The van der Waals surface area contributed by atoms with E-state index in [4.69, 9.17) is 0 Å². The van der Waals surface area contributed by atoms with Gasteiger partial charge in [0.1, 0.15) is 5.01 Å². The number of aromatic nitrogens is 2. The van der Waals surface area contributed by atoms with Crippen molar-refractivity contribution in [1.82, 2.24) is 8.96 Å². The first kappa shape index (κ1) is 12.1. The lowest BCUT2D eigenvalue weighted by Crippen LogP contribution is -2.10. The van der Waals surface area contributed by atoms with Crippen LogP contribution in [0.1, 0.15) is 0 Å². The van der Waals surface area contributed by atoms with Crippen LogP contribution in [0.15, 0.2) is 65.3 Å². The van der Waals surface area contributed by atoms with Gasteiger partial charge in [-0.25, -0.2) is 17.4 Å². The highest BCUT2D eigenvalue weighted by atomic mass is 32.2. The predicted octanol–water partition coefficient (Wildman–Crippen LogP) is 2.85. The van der Waals surface area contributed by atoms with Gasteiger partial charge >= 0.3 is 0 Å². The average Bonchev–Trinajstić information content (AvgIpc) is 3.10. The fraction of sp³-hybridized carbons (Fsp3) is 0. The van der Waals surface area contributed by atoms with Crippen LogP contribution >= 0.6 is 11.3 Å². The number of benzene rings is 1. The van der Waals surface area contributed by atoms with Crippen molar-refractivity contribution in [3.8, 4) is 10.6 Å². The zero-order chi connectivity index (χ0) is 13.3. The van der Waals surface area contributed by atoms with E-state index >= 15 is 0 Å². The molecule has 6 heteroatoms. The molecule has 0 N–H and O–H groups in total. The van der Waals surface area contributed by atoms with Crippen LogP contribution < -0.4 is 0 Å². The first-order valence-electron chi connectivity index (χ1n) is 5.56. The molecule has 0 aliphatic heterocycles. The summed E-state index contributed by atoms with van der Waals surface area (Å²) in [6, 6.07) is 10.1. The summed E-state index contributed by atoms with van der Waals surface area (Å²) in [7, 11) is -3.52. The third kappa shape index (κ3) is 2.20. The van der Waals surface area contributed by atoms with Crippen molar-refractivity contribution in [2.75, 3.05) is 0 Å². The van der Waals surface area contributed by atoms with Crippen LogP contribution in [0.5, 0.6) is 0 Å². The van der Waals surface area contributed by atoms with E-state index in [1.807, 2.05) is 5.38 Å². The Balaban J connectivity index is 2.04. The number of rotatable bonds is 3. The summed E-state index contributed by atoms with van der Waals surface area (Å²) >= 11 is 1.48. The molecular formula is C13H10N2O2S2. The molecule has 0 spiro atoms. The molecule has 1 aromatic carbocycles. The molecule has 3 rings (SSSR count). The monoisotopic (exact) mass is 290 g/mol. The van der Waals surface area contributed by atoms with Gasteiger partial charge in [0.15, 0.2) is 0 Å². The highest BCUT2D eigenvalue weighted by Gasteiger charge is 2.16. The highest BCUT2D eigenvalue weighted by Crippen LogP contribution is 2.24. The average molecular weight is 290 g/mol. The molecule has 4 nitrogen and oxygen atoms in total. The SMILES string of the molecule is O=S(=O)(c1ccccc1)n1ccc(-c2nccs2)c1. The molecule has 0 aliphatic rings. The Labute approximate surface area is 115 Å². The second-order valence-corrected chi connectivity index (χ2v) is 6.62. The van der Waals surface area contributed by atoms with E-state index in [0.717, 1.165) is 10.6 Å². The first-order valence-corrected chi connectivity index (χ1v) is 7.88. The second kappa shape index (κ2) is 4.64. The van der Waals surface area contributed by atoms with Gasteiger partial charge in [0, 0.05) is 29.5 Å². The van der Waals surface area contributed by atoms with Gasteiger partial charge in [-0.15, -0.1) is 11.3 Å². The largest absolute Gasteiger partial charge is 0.267 e. The zero-order valence-electron chi connectivity index (χ0n) is 9.80. The maximum Gasteiger partial charge on any atom is 0.267 e. The molecule has 2 aromatic heterocycles. The van der Waals surface area contributed by atoms with Gasteiger partial charge in [0.25, 0.3) is 10.0 Å². The standard InChI is InChI=1S/C13H10N2O2S2/c16-19(17,12-4-2-1-3-5-12)15-8-6-11(10-15)13-14-7-9-18-13/h1-10H. The lowest BCUT2D eigenvalue weighted by atomic mass is 10.4. The van der Waals surface area contributed by atoms with E-state index in [-0.39, 0.29) is 4.90 Å². The van der Waals surface area contributed by atoms with E-state index in [1.54, 1.807) is 55.0 Å². The molecule has 0 atom stereocenters. The molecular weight excluding hydrogens is 280 g/mol. The summed E-state index contributed by atoms with van der Waals surface area (Å²) in [6.45, 7) is 0. The lowest BCUT2D eigenvalue weighted by molar-refractivity contribution is 0.587. The van der Waals surface area contributed by atoms with Crippen LogP contribution in [0.4, 0.5) is 0 Å².